The van der Waals surface area contributed by atoms with Gasteiger partial charge in [0.2, 0.25) is 23.6 Å². The van der Waals surface area contributed by atoms with E-state index in [2.05, 4.69) is 31.9 Å². The summed E-state index contributed by atoms with van der Waals surface area (Å²) in [6, 6.07) is 0.707. The van der Waals surface area contributed by atoms with Crippen molar-refractivity contribution in [2.75, 3.05) is 11.9 Å². The van der Waals surface area contributed by atoms with Gasteiger partial charge in [-0.3, -0.25) is 33.6 Å². The van der Waals surface area contributed by atoms with Crippen molar-refractivity contribution in [2.24, 2.45) is 11.7 Å². The van der Waals surface area contributed by atoms with E-state index in [0.717, 1.165) is 0 Å². The first kappa shape index (κ1) is 44.8. The summed E-state index contributed by atoms with van der Waals surface area (Å²) in [7, 11) is 0. The molecule has 0 aliphatic carbocycles. The number of anilines is 1. The predicted octanol–water partition coefficient (Wildman–Crippen LogP) is 0.733. The summed E-state index contributed by atoms with van der Waals surface area (Å²) in [5, 5.41) is 34.2. The van der Waals surface area contributed by atoms with Crippen LogP contribution in [0.1, 0.15) is 85.1 Å². The summed E-state index contributed by atoms with van der Waals surface area (Å²) < 4.78 is 5.11. The maximum atomic E-state index is 13.6. The zero-order chi connectivity index (χ0) is 39.4. The van der Waals surface area contributed by atoms with Crippen molar-refractivity contribution in [3.63, 3.8) is 0 Å². The predicted molar refractivity (Wildman–Crippen MR) is 188 cm³/mol. The standard InChI is InChI=1S/C34H53N7O11/c1-6-28(46)52-18-21-9-11-22(12-10-21)38-30(47)23(8-7-17-36-34(35)51)40-33(50)29(19(2)3)41-32(49)25(14-16-27(44)45)39-31(48)24(37-20(4)5)13-15-26(42)43/h9-12,19-20,23-25,29,37H,6-8,13-18H2,1-5H3,(H,38,47)(H,39,48)(H,40,50)(H,41,49)(H,42,43)(H,44,45)(H3,35,36,51)/t23-,24-,25-,29-/m0/s1. The Balaban J connectivity index is 3.18. The molecule has 1 rings (SSSR count). The Hall–Kier alpha value is -5.26. The van der Waals surface area contributed by atoms with Crippen LogP contribution in [0, 0.1) is 5.92 Å². The number of benzene rings is 1. The third kappa shape index (κ3) is 18.1. The molecule has 0 aliphatic heterocycles. The molecule has 290 valence electrons. The number of carboxylic acid groups (broad SMARTS) is 2. The topological polar surface area (TPSA) is 284 Å². The fraction of sp³-hybridized carbons (Fsp3) is 0.588. The molecule has 18 heteroatoms. The number of nitrogens with one attached hydrogen (secondary N) is 6. The smallest absolute Gasteiger partial charge is 0.312 e. The molecule has 4 atom stereocenters. The van der Waals surface area contributed by atoms with Crippen molar-refractivity contribution >= 4 is 53.3 Å². The van der Waals surface area contributed by atoms with Gasteiger partial charge in [-0.1, -0.05) is 46.8 Å². The number of carboxylic acids is 2. The van der Waals surface area contributed by atoms with Gasteiger partial charge in [-0.2, -0.15) is 0 Å². The summed E-state index contributed by atoms with van der Waals surface area (Å²) >= 11 is 0. The number of carbonyl (C=O) groups excluding carboxylic acids is 6. The summed E-state index contributed by atoms with van der Waals surface area (Å²) in [6.45, 7) is 8.59. The summed E-state index contributed by atoms with van der Waals surface area (Å²) in [5.74, 6) is -6.20. The molecule has 1 aromatic carbocycles. The van der Waals surface area contributed by atoms with Crippen LogP contribution in [0.5, 0.6) is 0 Å². The quantitative estimate of drug-likeness (QED) is 0.0525. The van der Waals surface area contributed by atoms with E-state index in [1.54, 1.807) is 58.9 Å². The third-order valence-corrected chi connectivity index (χ3v) is 7.54. The van der Waals surface area contributed by atoms with Crippen molar-refractivity contribution in [2.45, 2.75) is 116 Å². The number of nitrogens with two attached hydrogens (primary N) is 1. The number of esters is 1. The number of primary amides is 1. The highest BCUT2D eigenvalue weighted by Gasteiger charge is 2.33. The van der Waals surface area contributed by atoms with Gasteiger partial charge in [-0.05, 0) is 49.3 Å². The Labute approximate surface area is 302 Å². The Morgan fingerprint density at radius 2 is 1.27 bits per heavy atom. The maximum absolute atomic E-state index is 13.6. The Kier molecular flexibility index (Phi) is 20.0. The van der Waals surface area contributed by atoms with Crippen LogP contribution in [0.15, 0.2) is 24.3 Å². The van der Waals surface area contributed by atoms with Gasteiger partial charge in [0.1, 0.15) is 24.7 Å². The van der Waals surface area contributed by atoms with Gasteiger partial charge in [-0.15, -0.1) is 0 Å². The number of urea groups is 1. The molecule has 0 heterocycles. The third-order valence-electron chi connectivity index (χ3n) is 7.54. The first-order chi connectivity index (χ1) is 24.4. The lowest BCUT2D eigenvalue weighted by Crippen LogP contribution is -2.59. The van der Waals surface area contributed by atoms with Crippen LogP contribution in [0.3, 0.4) is 0 Å². The lowest BCUT2D eigenvalue weighted by molar-refractivity contribution is -0.144. The van der Waals surface area contributed by atoms with Crippen LogP contribution in [0.4, 0.5) is 10.5 Å². The summed E-state index contributed by atoms with van der Waals surface area (Å²) in [6.07, 6.45) is -0.746. The number of rotatable bonds is 24. The van der Waals surface area contributed by atoms with E-state index >= 15 is 0 Å². The molecule has 0 saturated carbocycles. The zero-order valence-electron chi connectivity index (χ0n) is 30.3. The second kappa shape index (κ2) is 23.3. The van der Waals surface area contributed by atoms with Crippen molar-refractivity contribution in [1.29, 1.82) is 0 Å². The number of amides is 6. The van der Waals surface area contributed by atoms with Crippen molar-refractivity contribution < 1.29 is 53.3 Å². The molecule has 52 heavy (non-hydrogen) atoms. The fourth-order valence-electron chi connectivity index (χ4n) is 4.79. The number of hydrogen-bond donors (Lipinski definition) is 9. The largest absolute Gasteiger partial charge is 0.481 e. The SMILES string of the molecule is CCC(=O)OCc1ccc(NC(=O)[C@H](CCCNC(N)=O)NC(=O)[C@@H](NC(=O)[C@H](CCC(=O)O)NC(=O)[C@H](CCC(=O)O)NC(C)C)C(C)C)cc1. The minimum Gasteiger partial charge on any atom is -0.481 e. The summed E-state index contributed by atoms with van der Waals surface area (Å²) in [5.41, 5.74) is 6.20. The van der Waals surface area contributed by atoms with Crippen molar-refractivity contribution in [1.82, 2.24) is 26.6 Å². The van der Waals surface area contributed by atoms with E-state index < -0.39 is 78.1 Å². The van der Waals surface area contributed by atoms with Crippen LogP contribution < -0.4 is 37.6 Å². The van der Waals surface area contributed by atoms with Crippen LogP contribution in [0.25, 0.3) is 0 Å². The van der Waals surface area contributed by atoms with E-state index in [1.165, 1.54) is 0 Å². The second-order valence-corrected chi connectivity index (χ2v) is 12.7. The molecule has 0 aromatic heterocycles. The number of hydrogen-bond acceptors (Lipinski definition) is 10. The molecule has 0 unspecified atom stereocenters. The van der Waals surface area contributed by atoms with Gasteiger partial charge in [0.15, 0.2) is 0 Å². The second-order valence-electron chi connectivity index (χ2n) is 12.7. The highest BCUT2D eigenvalue weighted by molar-refractivity contribution is 5.99. The molecule has 18 nitrogen and oxygen atoms in total. The highest BCUT2D eigenvalue weighted by atomic mass is 16.5. The first-order valence-electron chi connectivity index (χ1n) is 17.1. The van der Waals surface area contributed by atoms with Gasteiger partial charge in [0.05, 0.1) is 6.04 Å². The van der Waals surface area contributed by atoms with E-state index in [4.69, 9.17) is 15.6 Å². The minimum atomic E-state index is -1.40. The monoisotopic (exact) mass is 735 g/mol. The van der Waals surface area contributed by atoms with Crippen LogP contribution in [-0.4, -0.2) is 94.5 Å². The van der Waals surface area contributed by atoms with Crippen LogP contribution in [0.2, 0.25) is 0 Å². The Bertz CT molecular complexity index is 1390. The van der Waals surface area contributed by atoms with E-state index in [-0.39, 0.29) is 63.7 Å². The highest BCUT2D eigenvalue weighted by Crippen LogP contribution is 2.13. The molecule has 0 spiro atoms. The van der Waals surface area contributed by atoms with Gasteiger partial charge >= 0.3 is 23.9 Å². The zero-order valence-corrected chi connectivity index (χ0v) is 30.3. The maximum Gasteiger partial charge on any atom is 0.312 e. The van der Waals surface area contributed by atoms with Crippen LogP contribution >= 0.6 is 0 Å². The Morgan fingerprint density at radius 1 is 0.731 bits per heavy atom. The van der Waals surface area contributed by atoms with Crippen LogP contribution in [-0.2, 0) is 44.9 Å². The molecular formula is C34H53N7O11. The summed E-state index contributed by atoms with van der Waals surface area (Å²) in [4.78, 5) is 98.8. The van der Waals surface area contributed by atoms with Gasteiger partial charge < -0.3 is 52.6 Å². The first-order valence-corrected chi connectivity index (χ1v) is 17.1. The normalized spacial score (nSPS) is 13.2. The molecule has 0 aliphatic rings. The minimum absolute atomic E-state index is 0.0513. The lowest BCUT2D eigenvalue weighted by Gasteiger charge is -2.28. The molecule has 1 aromatic rings. The van der Waals surface area contributed by atoms with E-state index in [0.29, 0.717) is 11.3 Å². The Morgan fingerprint density at radius 3 is 1.79 bits per heavy atom. The molecule has 0 bridgehead atoms. The molecule has 0 radical (unpaired) electrons. The number of ether oxygens (including phenoxy) is 1. The molecule has 6 amide bonds. The molecule has 0 fully saturated rings. The lowest BCUT2D eigenvalue weighted by atomic mass is 10.0. The van der Waals surface area contributed by atoms with E-state index in [1.807, 2.05) is 0 Å². The number of aliphatic carboxylic acids is 2. The van der Waals surface area contributed by atoms with Crippen molar-refractivity contribution in [3.8, 4) is 0 Å². The average molecular weight is 736 g/mol. The van der Waals surface area contributed by atoms with Crippen molar-refractivity contribution in [3.05, 3.63) is 29.8 Å². The molecular weight excluding hydrogens is 682 g/mol. The van der Waals surface area contributed by atoms with Gasteiger partial charge in [-0.25, -0.2) is 4.79 Å². The average Bonchev–Trinajstić information content (AvgIpc) is 3.07. The number of carbonyl (C=O) groups is 8. The van der Waals surface area contributed by atoms with Gasteiger partial charge in [0.25, 0.3) is 0 Å². The van der Waals surface area contributed by atoms with E-state index in [9.17, 15) is 43.5 Å². The molecule has 10 N–H and O–H groups in total. The molecule has 0 saturated heterocycles. The van der Waals surface area contributed by atoms with Gasteiger partial charge in [0, 0.05) is 37.5 Å². The fourth-order valence-corrected chi connectivity index (χ4v) is 4.79.